The SMILES string of the molecule is CCC(C)OC1OC(CO)C(O)C(O)C1O.[Ac].[Ac].[Ac].[Ac]. The summed E-state index contributed by atoms with van der Waals surface area (Å²) in [6.07, 6.45) is -5.36. The first-order valence-corrected chi connectivity index (χ1v) is 5.47. The average molecular weight is 1140 g/mol. The third-order valence-electron chi connectivity index (χ3n) is 2.79. The topological polar surface area (TPSA) is 99.4 Å². The van der Waals surface area contributed by atoms with Crippen LogP contribution in [0.1, 0.15) is 20.3 Å². The fourth-order valence-corrected chi connectivity index (χ4v) is 1.50. The van der Waals surface area contributed by atoms with E-state index >= 15 is 0 Å². The van der Waals surface area contributed by atoms with E-state index in [0.29, 0.717) is 0 Å². The van der Waals surface area contributed by atoms with Gasteiger partial charge in [-0.05, 0) is 13.3 Å². The molecule has 0 aliphatic carbocycles. The molecule has 4 radical (unpaired) electrons. The first kappa shape index (κ1) is 33.1. The van der Waals surface area contributed by atoms with Crippen molar-refractivity contribution < 1.29 is 206 Å². The van der Waals surface area contributed by atoms with Gasteiger partial charge < -0.3 is 29.9 Å². The quantitative estimate of drug-likeness (QED) is 0.277. The summed E-state index contributed by atoms with van der Waals surface area (Å²) in [5, 5.41) is 37.6. The van der Waals surface area contributed by atoms with E-state index < -0.39 is 37.3 Å². The Morgan fingerprint density at radius 1 is 1.00 bits per heavy atom. The first-order valence-electron chi connectivity index (χ1n) is 5.47. The molecular formula is C10H20Ac4O6. The third kappa shape index (κ3) is 10.6. The van der Waals surface area contributed by atoms with Crippen molar-refractivity contribution in [3.05, 3.63) is 0 Å². The second-order valence-corrected chi connectivity index (χ2v) is 4.05. The van der Waals surface area contributed by atoms with Crippen molar-refractivity contribution in [2.75, 3.05) is 6.61 Å². The van der Waals surface area contributed by atoms with Crippen molar-refractivity contribution in [2.24, 2.45) is 0 Å². The smallest absolute Gasteiger partial charge is 0.186 e. The second kappa shape index (κ2) is 17.9. The van der Waals surface area contributed by atoms with Crippen LogP contribution in [0.4, 0.5) is 0 Å². The van der Waals surface area contributed by atoms with Crippen molar-refractivity contribution in [1.29, 1.82) is 0 Å². The van der Waals surface area contributed by atoms with Crippen molar-refractivity contribution in [3.8, 4) is 0 Å². The van der Waals surface area contributed by atoms with Crippen LogP contribution in [-0.4, -0.2) is 63.8 Å². The zero-order chi connectivity index (χ0) is 12.3. The summed E-state index contributed by atoms with van der Waals surface area (Å²) >= 11 is 0. The Bertz CT molecular complexity index is 224. The van der Waals surface area contributed by atoms with E-state index in [1.807, 2.05) is 6.92 Å². The molecule has 0 saturated carbocycles. The maximum Gasteiger partial charge on any atom is 0.186 e. The molecule has 1 rings (SSSR count). The van der Waals surface area contributed by atoms with Crippen molar-refractivity contribution in [2.45, 2.75) is 57.1 Å². The van der Waals surface area contributed by atoms with Gasteiger partial charge in [-0.15, -0.1) is 0 Å². The van der Waals surface area contributed by atoms with Crippen molar-refractivity contribution >= 4 is 0 Å². The molecule has 0 amide bonds. The van der Waals surface area contributed by atoms with Crippen LogP contribution in [0, 0.1) is 176 Å². The summed E-state index contributed by atoms with van der Waals surface area (Å²) in [6, 6.07) is 0. The number of aliphatic hydroxyl groups excluding tert-OH is 4. The molecular weight excluding hydrogens is 1120 g/mol. The van der Waals surface area contributed by atoms with E-state index in [4.69, 9.17) is 14.6 Å². The minimum absolute atomic E-state index is 0. The Labute approximate surface area is 263 Å². The summed E-state index contributed by atoms with van der Waals surface area (Å²) < 4.78 is 10.5. The molecule has 0 aromatic carbocycles. The molecule has 1 saturated heterocycles. The summed E-state index contributed by atoms with van der Waals surface area (Å²) in [4.78, 5) is 0. The normalized spacial score (nSPS) is 33.6. The van der Waals surface area contributed by atoms with Gasteiger partial charge in [0.05, 0.1) is 12.7 Å². The minimum Gasteiger partial charge on any atom is -0.394 e. The second-order valence-electron chi connectivity index (χ2n) is 4.05. The Hall–Kier alpha value is 5.53. The van der Waals surface area contributed by atoms with Gasteiger partial charge in [0, 0.05) is 176 Å². The maximum absolute atomic E-state index is 9.62. The van der Waals surface area contributed by atoms with Gasteiger partial charge in [0.1, 0.15) is 24.4 Å². The van der Waals surface area contributed by atoms with Gasteiger partial charge in [-0.25, -0.2) is 0 Å². The van der Waals surface area contributed by atoms with Crippen LogP contribution in [0.15, 0.2) is 0 Å². The molecule has 1 heterocycles. The standard InChI is InChI=1S/C10H20O6.4Ac/c1-3-5(2)15-10-9(14)8(13)7(12)6(4-11)16-10;;;;/h5-14H,3-4H2,1-2H3;;;;. The van der Waals surface area contributed by atoms with Gasteiger partial charge in [-0.2, -0.15) is 0 Å². The number of ether oxygens (including phenoxy) is 2. The summed E-state index contributed by atoms with van der Waals surface area (Å²) in [5.41, 5.74) is 0. The van der Waals surface area contributed by atoms with Crippen molar-refractivity contribution in [1.82, 2.24) is 0 Å². The molecule has 108 valence electrons. The Kier molecular flexibility index (Phi) is 29.7. The molecule has 6 unspecified atom stereocenters. The van der Waals surface area contributed by atoms with E-state index in [0.717, 1.165) is 6.42 Å². The molecule has 20 heavy (non-hydrogen) atoms. The molecule has 0 bridgehead atoms. The molecule has 0 spiro atoms. The maximum atomic E-state index is 9.62. The van der Waals surface area contributed by atoms with Gasteiger partial charge in [0.25, 0.3) is 0 Å². The van der Waals surface area contributed by atoms with Crippen LogP contribution in [0.2, 0.25) is 0 Å². The zero-order valence-corrected chi connectivity index (χ0v) is 30.8. The van der Waals surface area contributed by atoms with Crippen LogP contribution in [0.3, 0.4) is 0 Å². The molecule has 0 aromatic heterocycles. The molecule has 6 nitrogen and oxygen atoms in total. The fourth-order valence-electron chi connectivity index (χ4n) is 1.50. The minimum atomic E-state index is -1.38. The van der Waals surface area contributed by atoms with Crippen molar-refractivity contribution in [3.63, 3.8) is 0 Å². The molecule has 1 fully saturated rings. The number of hydrogen-bond donors (Lipinski definition) is 4. The van der Waals surface area contributed by atoms with Gasteiger partial charge >= 0.3 is 0 Å². The van der Waals surface area contributed by atoms with Gasteiger partial charge in [-0.1, -0.05) is 6.92 Å². The largest absolute Gasteiger partial charge is 0.394 e. The van der Waals surface area contributed by atoms with Crippen LogP contribution in [-0.2, 0) is 9.47 Å². The molecule has 6 atom stereocenters. The van der Waals surface area contributed by atoms with E-state index in [-0.39, 0.29) is 182 Å². The molecule has 0 aromatic rings. The van der Waals surface area contributed by atoms with Crippen LogP contribution < -0.4 is 0 Å². The van der Waals surface area contributed by atoms with Crippen LogP contribution >= 0.6 is 0 Å². The van der Waals surface area contributed by atoms with Gasteiger partial charge in [0.2, 0.25) is 0 Å². The first-order chi connectivity index (χ1) is 7.51. The Morgan fingerprint density at radius 2 is 1.50 bits per heavy atom. The molecule has 10 heteroatoms. The van der Waals surface area contributed by atoms with Gasteiger partial charge in [0.15, 0.2) is 6.29 Å². The molecule has 4 N–H and O–H groups in total. The fraction of sp³-hybridized carbons (Fsp3) is 1.00. The van der Waals surface area contributed by atoms with E-state index in [9.17, 15) is 15.3 Å². The van der Waals surface area contributed by atoms with E-state index in [1.165, 1.54) is 0 Å². The third-order valence-corrected chi connectivity index (χ3v) is 2.79. The monoisotopic (exact) mass is 1140 g/mol. The summed E-state index contributed by atoms with van der Waals surface area (Å²) in [6.45, 7) is 3.28. The van der Waals surface area contributed by atoms with Crippen LogP contribution in [0.25, 0.3) is 0 Å². The summed E-state index contributed by atoms with van der Waals surface area (Å²) in [7, 11) is 0. The number of hydrogen-bond acceptors (Lipinski definition) is 6. The number of aliphatic hydroxyl groups is 4. The summed E-state index contributed by atoms with van der Waals surface area (Å²) in [5.74, 6) is 0. The van der Waals surface area contributed by atoms with Crippen LogP contribution in [0.5, 0.6) is 0 Å². The predicted octanol–water partition coefficient (Wildman–Crippen LogP) is -1.40. The molecule has 1 aliphatic heterocycles. The zero-order valence-electron chi connectivity index (χ0n) is 11.8. The predicted molar refractivity (Wildman–Crippen MR) is 54.6 cm³/mol. The molecule has 1 aliphatic rings. The Balaban J connectivity index is -0.000000320. The van der Waals surface area contributed by atoms with E-state index in [1.54, 1.807) is 6.92 Å². The van der Waals surface area contributed by atoms with Gasteiger partial charge in [-0.3, -0.25) is 0 Å². The number of rotatable bonds is 4. The average Bonchev–Trinajstić information content (AvgIpc) is 2.29. The van der Waals surface area contributed by atoms with E-state index in [2.05, 4.69) is 0 Å². The Morgan fingerprint density at radius 3 is 1.90 bits per heavy atom.